The molecule has 6 nitrogen and oxygen atoms in total. The monoisotopic (exact) mass is 373 g/mol. The molecule has 0 N–H and O–H groups in total. The summed E-state index contributed by atoms with van der Waals surface area (Å²) < 4.78 is 6.28. The predicted molar refractivity (Wildman–Crippen MR) is 70.6 cm³/mol. The van der Waals surface area contributed by atoms with Gasteiger partial charge in [-0.3, -0.25) is 10.1 Å². The van der Waals surface area contributed by atoms with Crippen molar-refractivity contribution in [3.05, 3.63) is 49.8 Å². The topological polar surface area (TPSA) is 78.2 Å². The number of benzene rings is 1. The minimum Gasteiger partial charge on any atom is -0.437 e. The lowest BCUT2D eigenvalue weighted by atomic mass is 10.3. The van der Waals surface area contributed by atoms with Crippen molar-refractivity contribution in [2.24, 2.45) is 0 Å². The molecule has 0 amide bonds. The Labute approximate surface area is 118 Å². The van der Waals surface area contributed by atoms with Gasteiger partial charge in [-0.05, 0) is 37.9 Å². The normalized spacial score (nSPS) is 10.1. The number of rotatable bonds is 3. The lowest BCUT2D eigenvalue weighted by molar-refractivity contribution is -0.385. The predicted octanol–water partition coefficient (Wildman–Crippen LogP) is 3.70. The van der Waals surface area contributed by atoms with Crippen LogP contribution >= 0.6 is 31.9 Å². The third-order valence-corrected chi connectivity index (χ3v) is 3.19. The van der Waals surface area contributed by atoms with Crippen LogP contribution < -0.4 is 4.74 Å². The summed E-state index contributed by atoms with van der Waals surface area (Å²) in [5.41, 5.74) is -0.0689. The molecule has 0 aliphatic heterocycles. The van der Waals surface area contributed by atoms with Gasteiger partial charge in [-0.1, -0.05) is 6.07 Å². The molecule has 0 bridgehead atoms. The van der Waals surface area contributed by atoms with Crippen LogP contribution in [0.1, 0.15) is 0 Å². The van der Waals surface area contributed by atoms with Crippen LogP contribution in [-0.4, -0.2) is 14.9 Å². The number of hydrogen-bond donors (Lipinski definition) is 0. The second kappa shape index (κ2) is 5.40. The first-order valence-electron chi connectivity index (χ1n) is 4.66. The summed E-state index contributed by atoms with van der Waals surface area (Å²) in [4.78, 5) is 18.0. The molecular formula is C10H5Br2N3O3. The Hall–Kier alpha value is -1.54. The van der Waals surface area contributed by atoms with Crippen LogP contribution in [0.2, 0.25) is 0 Å². The summed E-state index contributed by atoms with van der Waals surface area (Å²) in [6.45, 7) is 0. The minimum absolute atomic E-state index is 0.0689. The Kier molecular flexibility index (Phi) is 3.87. The van der Waals surface area contributed by atoms with Crippen molar-refractivity contribution in [2.75, 3.05) is 0 Å². The average Bonchev–Trinajstić information content (AvgIpc) is 2.31. The summed E-state index contributed by atoms with van der Waals surface area (Å²) in [6.07, 6.45) is 1.32. The number of aromatic nitrogens is 2. The molecule has 1 heterocycles. The van der Waals surface area contributed by atoms with Crippen molar-refractivity contribution in [3.8, 4) is 11.6 Å². The maximum Gasteiger partial charge on any atom is 0.287 e. The largest absolute Gasteiger partial charge is 0.437 e. The third-order valence-electron chi connectivity index (χ3n) is 1.96. The number of hydrogen-bond acceptors (Lipinski definition) is 5. The molecule has 0 spiro atoms. The van der Waals surface area contributed by atoms with E-state index >= 15 is 0 Å². The van der Waals surface area contributed by atoms with Crippen molar-refractivity contribution in [1.29, 1.82) is 0 Å². The fourth-order valence-corrected chi connectivity index (χ4v) is 1.98. The molecular weight excluding hydrogens is 370 g/mol. The van der Waals surface area contributed by atoms with E-state index in [1.807, 2.05) is 0 Å². The number of ether oxygens (including phenoxy) is 1. The van der Waals surface area contributed by atoms with Gasteiger partial charge in [-0.25, -0.2) is 9.97 Å². The highest BCUT2D eigenvalue weighted by atomic mass is 79.9. The van der Waals surface area contributed by atoms with Crippen LogP contribution in [0.5, 0.6) is 11.6 Å². The van der Waals surface area contributed by atoms with E-state index in [4.69, 9.17) is 4.74 Å². The fraction of sp³-hybridized carbons (Fsp3) is 0. The molecule has 0 saturated carbocycles. The van der Waals surface area contributed by atoms with Crippen molar-refractivity contribution in [2.45, 2.75) is 0 Å². The molecule has 0 atom stereocenters. The molecule has 1 aromatic heterocycles. The van der Waals surface area contributed by atoms with Crippen LogP contribution in [0.4, 0.5) is 5.69 Å². The van der Waals surface area contributed by atoms with Crippen LogP contribution in [0.15, 0.2) is 39.7 Å². The molecule has 1 aromatic carbocycles. The Morgan fingerprint density at radius 1 is 1.28 bits per heavy atom. The van der Waals surface area contributed by atoms with Gasteiger partial charge in [0.25, 0.3) is 5.69 Å². The van der Waals surface area contributed by atoms with E-state index in [-0.39, 0.29) is 16.0 Å². The van der Waals surface area contributed by atoms with E-state index in [0.29, 0.717) is 10.4 Å². The van der Waals surface area contributed by atoms with Crippen molar-refractivity contribution < 1.29 is 9.66 Å². The zero-order valence-corrected chi connectivity index (χ0v) is 11.9. The molecule has 8 heteroatoms. The van der Waals surface area contributed by atoms with Crippen LogP contribution in [0.25, 0.3) is 0 Å². The van der Waals surface area contributed by atoms with Gasteiger partial charge in [-0.2, -0.15) is 0 Å². The summed E-state index contributed by atoms with van der Waals surface area (Å²) in [7, 11) is 0. The highest BCUT2D eigenvalue weighted by molar-refractivity contribution is 9.10. The SMILES string of the molecule is O=[N+]([O-])c1cccc(Oc2cc(Br)ncn2)c1Br. The number of nitro benzene ring substituents is 1. The zero-order valence-electron chi connectivity index (χ0n) is 8.71. The van der Waals surface area contributed by atoms with Crippen molar-refractivity contribution in [3.63, 3.8) is 0 Å². The van der Waals surface area contributed by atoms with Gasteiger partial charge in [0.2, 0.25) is 5.88 Å². The summed E-state index contributed by atoms with van der Waals surface area (Å²) in [5, 5.41) is 10.8. The average molecular weight is 375 g/mol. The Balaban J connectivity index is 2.35. The van der Waals surface area contributed by atoms with E-state index < -0.39 is 4.92 Å². The highest BCUT2D eigenvalue weighted by Crippen LogP contribution is 2.36. The van der Waals surface area contributed by atoms with Gasteiger partial charge in [0.05, 0.1) is 4.92 Å². The smallest absolute Gasteiger partial charge is 0.287 e. The summed E-state index contributed by atoms with van der Waals surface area (Å²) in [5.74, 6) is 0.605. The molecule has 2 rings (SSSR count). The summed E-state index contributed by atoms with van der Waals surface area (Å²) >= 11 is 6.32. The maximum absolute atomic E-state index is 10.8. The Morgan fingerprint density at radius 3 is 2.72 bits per heavy atom. The van der Waals surface area contributed by atoms with E-state index in [1.54, 1.807) is 12.1 Å². The fourth-order valence-electron chi connectivity index (χ4n) is 1.20. The van der Waals surface area contributed by atoms with Crippen molar-refractivity contribution in [1.82, 2.24) is 9.97 Å². The molecule has 92 valence electrons. The van der Waals surface area contributed by atoms with E-state index in [0.717, 1.165) is 0 Å². The maximum atomic E-state index is 10.8. The Morgan fingerprint density at radius 2 is 2.06 bits per heavy atom. The molecule has 0 unspecified atom stereocenters. The van der Waals surface area contributed by atoms with Gasteiger partial charge in [0.1, 0.15) is 15.4 Å². The van der Waals surface area contributed by atoms with E-state index in [2.05, 4.69) is 41.8 Å². The number of nitro groups is 1. The second-order valence-corrected chi connectivity index (χ2v) is 4.73. The zero-order chi connectivity index (χ0) is 13.1. The van der Waals surface area contributed by atoms with E-state index in [1.165, 1.54) is 18.5 Å². The standard InChI is InChI=1S/C10H5Br2N3O3/c11-8-4-9(14-5-13-8)18-7-3-1-2-6(10(7)12)15(16)17/h1-5H. The van der Waals surface area contributed by atoms with Crippen LogP contribution in [0, 0.1) is 10.1 Å². The third kappa shape index (κ3) is 2.82. The Bertz CT molecular complexity index is 607. The molecule has 18 heavy (non-hydrogen) atoms. The first-order chi connectivity index (χ1) is 8.58. The van der Waals surface area contributed by atoms with Gasteiger partial charge >= 0.3 is 0 Å². The van der Waals surface area contributed by atoms with Crippen LogP contribution in [-0.2, 0) is 0 Å². The van der Waals surface area contributed by atoms with Crippen LogP contribution in [0.3, 0.4) is 0 Å². The first-order valence-corrected chi connectivity index (χ1v) is 6.25. The summed E-state index contributed by atoms with van der Waals surface area (Å²) in [6, 6.07) is 6.08. The quantitative estimate of drug-likeness (QED) is 0.465. The second-order valence-electron chi connectivity index (χ2n) is 3.13. The highest BCUT2D eigenvalue weighted by Gasteiger charge is 2.16. The number of nitrogens with zero attached hydrogens (tertiary/aromatic N) is 3. The van der Waals surface area contributed by atoms with Gasteiger partial charge in [0, 0.05) is 12.1 Å². The molecule has 0 saturated heterocycles. The van der Waals surface area contributed by atoms with Gasteiger partial charge in [0.15, 0.2) is 5.75 Å². The minimum atomic E-state index is -0.493. The molecule has 2 aromatic rings. The molecule has 0 aliphatic rings. The van der Waals surface area contributed by atoms with E-state index in [9.17, 15) is 10.1 Å². The van der Waals surface area contributed by atoms with Gasteiger partial charge in [-0.15, -0.1) is 0 Å². The lowest BCUT2D eigenvalue weighted by Crippen LogP contribution is -1.93. The van der Waals surface area contributed by atoms with Gasteiger partial charge < -0.3 is 4.74 Å². The number of halogens is 2. The van der Waals surface area contributed by atoms with Crippen molar-refractivity contribution >= 4 is 37.5 Å². The molecule has 0 fully saturated rings. The molecule has 0 radical (unpaired) electrons. The molecule has 0 aliphatic carbocycles. The first kappa shape index (κ1) is 12.9. The lowest BCUT2D eigenvalue weighted by Gasteiger charge is -2.06.